The number of carboxylic acid groups (broad SMARTS) is 2. The smallest absolute Gasteiger partial charge is 0.322 e. The Kier molecular flexibility index (Phi) is 9.51. The van der Waals surface area contributed by atoms with Crippen LogP contribution in [0.3, 0.4) is 0 Å². The maximum atomic E-state index is 12.5. The Labute approximate surface area is 165 Å². The molecule has 1 aliphatic rings. The number of hydrogen-bond acceptors (Lipinski definition) is 7. The quantitative estimate of drug-likeness (QED) is 0.169. The van der Waals surface area contributed by atoms with E-state index in [-0.39, 0.29) is 12.8 Å². The molecule has 13 heteroatoms. The van der Waals surface area contributed by atoms with Crippen LogP contribution in [0, 0.1) is 0 Å². The van der Waals surface area contributed by atoms with Crippen molar-refractivity contribution in [2.24, 2.45) is 5.73 Å². The predicted octanol–water partition coefficient (Wildman–Crippen LogP) is -3.35. The number of primary amides is 1. The van der Waals surface area contributed by atoms with Crippen molar-refractivity contribution in [2.75, 3.05) is 13.1 Å². The van der Waals surface area contributed by atoms with Crippen LogP contribution in [0.15, 0.2) is 0 Å². The summed E-state index contributed by atoms with van der Waals surface area (Å²) in [5.41, 5.74) is 5.04. The highest BCUT2D eigenvalue weighted by atomic mass is 16.4. The molecular weight excluding hydrogens is 390 g/mol. The van der Waals surface area contributed by atoms with Crippen molar-refractivity contribution in [3.05, 3.63) is 0 Å². The van der Waals surface area contributed by atoms with Gasteiger partial charge in [-0.2, -0.15) is 0 Å². The SMILES string of the molecule is NC(=O)CCC(NC(=O)C(CC(=O)O)NC(=O)C1CCCN1)C(=O)NCC(=O)O. The molecular formula is C16H25N5O8. The van der Waals surface area contributed by atoms with Gasteiger partial charge in [0.2, 0.25) is 23.6 Å². The maximum Gasteiger partial charge on any atom is 0.322 e. The first-order valence-corrected chi connectivity index (χ1v) is 8.94. The number of hydrogen-bond donors (Lipinski definition) is 7. The molecule has 0 radical (unpaired) electrons. The fourth-order valence-electron chi connectivity index (χ4n) is 2.68. The minimum absolute atomic E-state index is 0.232. The van der Waals surface area contributed by atoms with Crippen LogP contribution in [0.5, 0.6) is 0 Å². The number of amides is 4. The van der Waals surface area contributed by atoms with Crippen LogP contribution < -0.4 is 27.0 Å². The molecule has 4 amide bonds. The Hall–Kier alpha value is -3.22. The number of carbonyl (C=O) groups excluding carboxylic acids is 4. The average molecular weight is 415 g/mol. The third-order valence-electron chi connectivity index (χ3n) is 4.11. The van der Waals surface area contributed by atoms with Crippen LogP contribution in [-0.2, 0) is 28.8 Å². The lowest BCUT2D eigenvalue weighted by molar-refractivity contribution is -0.141. The molecule has 0 aromatic heterocycles. The van der Waals surface area contributed by atoms with Gasteiger partial charge in [0.15, 0.2) is 0 Å². The molecule has 1 fully saturated rings. The molecule has 8 N–H and O–H groups in total. The number of aliphatic carboxylic acids is 2. The highest BCUT2D eigenvalue weighted by molar-refractivity contribution is 5.95. The zero-order valence-electron chi connectivity index (χ0n) is 15.6. The molecule has 0 saturated carbocycles. The van der Waals surface area contributed by atoms with E-state index in [0.717, 1.165) is 6.42 Å². The first-order chi connectivity index (χ1) is 13.6. The van der Waals surface area contributed by atoms with Crippen LogP contribution >= 0.6 is 0 Å². The first-order valence-electron chi connectivity index (χ1n) is 8.94. The van der Waals surface area contributed by atoms with Gasteiger partial charge in [-0.25, -0.2) is 0 Å². The molecule has 3 atom stereocenters. The second kappa shape index (κ2) is 11.6. The van der Waals surface area contributed by atoms with Crippen LogP contribution in [0.1, 0.15) is 32.1 Å². The van der Waals surface area contributed by atoms with Gasteiger partial charge in [-0.05, 0) is 25.8 Å². The van der Waals surface area contributed by atoms with Crippen molar-refractivity contribution in [3.8, 4) is 0 Å². The Morgan fingerprint density at radius 1 is 1.00 bits per heavy atom. The summed E-state index contributed by atoms with van der Waals surface area (Å²) >= 11 is 0. The number of nitrogens with one attached hydrogen (secondary N) is 4. The van der Waals surface area contributed by atoms with E-state index >= 15 is 0 Å². The van der Waals surface area contributed by atoms with E-state index in [1.54, 1.807) is 0 Å². The molecule has 13 nitrogen and oxygen atoms in total. The monoisotopic (exact) mass is 415 g/mol. The molecule has 1 aliphatic heterocycles. The second-order valence-electron chi connectivity index (χ2n) is 6.49. The van der Waals surface area contributed by atoms with Gasteiger partial charge in [-0.1, -0.05) is 0 Å². The lowest BCUT2D eigenvalue weighted by Crippen LogP contribution is -2.56. The summed E-state index contributed by atoms with van der Waals surface area (Å²) in [4.78, 5) is 69.5. The number of carboxylic acids is 2. The summed E-state index contributed by atoms with van der Waals surface area (Å²) in [5.74, 6) is -5.82. The van der Waals surface area contributed by atoms with Crippen LogP contribution in [-0.4, -0.2) is 77.0 Å². The summed E-state index contributed by atoms with van der Waals surface area (Å²) in [6.45, 7) is -0.1000. The van der Waals surface area contributed by atoms with Crippen molar-refractivity contribution in [2.45, 2.75) is 50.2 Å². The van der Waals surface area contributed by atoms with E-state index in [9.17, 15) is 28.8 Å². The third-order valence-corrected chi connectivity index (χ3v) is 4.11. The molecule has 0 bridgehead atoms. The van der Waals surface area contributed by atoms with Crippen LogP contribution in [0.2, 0.25) is 0 Å². The Bertz CT molecular complexity index is 662. The number of carbonyl (C=O) groups is 6. The molecule has 162 valence electrons. The zero-order valence-corrected chi connectivity index (χ0v) is 15.6. The van der Waals surface area contributed by atoms with E-state index in [4.69, 9.17) is 15.9 Å². The van der Waals surface area contributed by atoms with Gasteiger partial charge in [0.1, 0.15) is 18.6 Å². The molecule has 29 heavy (non-hydrogen) atoms. The molecule has 0 aromatic carbocycles. The zero-order chi connectivity index (χ0) is 22.0. The lowest BCUT2D eigenvalue weighted by Gasteiger charge is -2.23. The standard InChI is InChI=1S/C16H25N5O8/c17-11(22)4-3-9(14(27)19-7-13(25)26)20-16(29)10(6-12(23)24)21-15(28)8-2-1-5-18-8/h8-10,18H,1-7H2,(H2,17,22)(H,19,27)(H,20,29)(H,21,28)(H,23,24)(H,25,26). The number of nitrogens with two attached hydrogens (primary N) is 1. The van der Waals surface area contributed by atoms with Crippen LogP contribution in [0.25, 0.3) is 0 Å². The second-order valence-corrected chi connectivity index (χ2v) is 6.49. The van der Waals surface area contributed by atoms with E-state index in [1.165, 1.54) is 0 Å². The van der Waals surface area contributed by atoms with Gasteiger partial charge in [0.25, 0.3) is 0 Å². The van der Waals surface area contributed by atoms with Gasteiger partial charge in [0.05, 0.1) is 12.5 Å². The van der Waals surface area contributed by atoms with Crippen molar-refractivity contribution in [3.63, 3.8) is 0 Å². The summed E-state index contributed by atoms with van der Waals surface area (Å²) < 4.78 is 0. The fraction of sp³-hybridized carbons (Fsp3) is 0.625. The minimum atomic E-state index is -1.47. The van der Waals surface area contributed by atoms with E-state index < -0.39 is 66.7 Å². The van der Waals surface area contributed by atoms with Crippen molar-refractivity contribution in [1.29, 1.82) is 0 Å². The van der Waals surface area contributed by atoms with Gasteiger partial charge in [-0.3, -0.25) is 28.8 Å². The summed E-state index contributed by atoms with van der Waals surface area (Å²) in [6, 6.07) is -3.36. The molecule has 3 unspecified atom stereocenters. The first kappa shape index (κ1) is 23.8. The molecule has 0 spiro atoms. The van der Waals surface area contributed by atoms with E-state index in [0.29, 0.717) is 13.0 Å². The fourth-order valence-corrected chi connectivity index (χ4v) is 2.68. The highest BCUT2D eigenvalue weighted by Crippen LogP contribution is 2.06. The Morgan fingerprint density at radius 2 is 1.69 bits per heavy atom. The number of rotatable bonds is 12. The topological polar surface area (TPSA) is 217 Å². The van der Waals surface area contributed by atoms with Crippen molar-refractivity contribution >= 4 is 35.6 Å². The van der Waals surface area contributed by atoms with Gasteiger partial charge >= 0.3 is 11.9 Å². The maximum absolute atomic E-state index is 12.5. The Morgan fingerprint density at radius 3 is 2.21 bits per heavy atom. The van der Waals surface area contributed by atoms with Gasteiger partial charge < -0.3 is 37.2 Å². The molecule has 0 aromatic rings. The summed E-state index contributed by atoms with van der Waals surface area (Å²) in [5, 5.41) is 27.2. The molecule has 1 saturated heterocycles. The molecule has 1 heterocycles. The van der Waals surface area contributed by atoms with E-state index in [1.807, 2.05) is 0 Å². The van der Waals surface area contributed by atoms with Crippen molar-refractivity contribution < 1.29 is 39.0 Å². The van der Waals surface area contributed by atoms with E-state index in [2.05, 4.69) is 21.3 Å². The predicted molar refractivity (Wildman–Crippen MR) is 96.2 cm³/mol. The normalized spacial score (nSPS) is 17.6. The summed E-state index contributed by atoms with van der Waals surface area (Å²) in [6.07, 6.45) is 0.0420. The molecule has 0 aliphatic carbocycles. The van der Waals surface area contributed by atoms with Crippen LogP contribution in [0.4, 0.5) is 0 Å². The van der Waals surface area contributed by atoms with Gasteiger partial charge in [-0.15, -0.1) is 0 Å². The van der Waals surface area contributed by atoms with Crippen molar-refractivity contribution in [1.82, 2.24) is 21.3 Å². The molecule has 1 rings (SSSR count). The third kappa shape index (κ3) is 9.01. The lowest BCUT2D eigenvalue weighted by atomic mass is 10.1. The minimum Gasteiger partial charge on any atom is -0.481 e. The summed E-state index contributed by atoms with van der Waals surface area (Å²) in [7, 11) is 0. The average Bonchev–Trinajstić information content (AvgIpc) is 3.16. The van der Waals surface area contributed by atoms with Gasteiger partial charge in [0, 0.05) is 6.42 Å². The largest absolute Gasteiger partial charge is 0.481 e. The Balaban J connectivity index is 2.83. The highest BCUT2D eigenvalue weighted by Gasteiger charge is 2.31.